The third kappa shape index (κ3) is 39.9. The number of esters is 2. The third-order valence-electron chi connectivity index (χ3n) is 9.16. The van der Waals surface area contributed by atoms with Gasteiger partial charge in [0.1, 0.15) is 19.8 Å². The first kappa shape index (κ1) is 52.2. The van der Waals surface area contributed by atoms with E-state index in [1.165, 1.54) is 89.9 Å². The molecule has 0 bridgehead atoms. The normalized spacial score (nSPS) is 14.0. The maximum atomic E-state index is 12.6. The minimum absolute atomic E-state index is 0.0236. The van der Waals surface area contributed by atoms with E-state index in [0.29, 0.717) is 17.4 Å². The Balaban J connectivity index is 4.43. The molecule has 0 rings (SSSR count). The minimum Gasteiger partial charge on any atom is -0.462 e. The van der Waals surface area contributed by atoms with Crippen molar-refractivity contribution >= 4 is 19.8 Å². The van der Waals surface area contributed by atoms with Crippen molar-refractivity contribution in [1.82, 2.24) is 0 Å². The molecule has 1 unspecified atom stereocenters. The molecule has 9 nitrogen and oxygen atoms in total. The molecule has 0 spiro atoms. The Bertz CT molecular complexity index is 1020. The summed E-state index contributed by atoms with van der Waals surface area (Å²) in [6.45, 7) is 4.34. The van der Waals surface area contributed by atoms with Crippen molar-refractivity contribution in [1.29, 1.82) is 0 Å². The smallest absolute Gasteiger partial charge is 0.462 e. The van der Waals surface area contributed by atoms with Crippen LogP contribution in [0.4, 0.5) is 0 Å². The first-order valence-corrected chi connectivity index (χ1v) is 23.2. The minimum atomic E-state index is -4.38. The van der Waals surface area contributed by atoms with E-state index in [1.54, 1.807) is 0 Å². The van der Waals surface area contributed by atoms with Gasteiger partial charge in [-0.05, 0) is 57.8 Å². The Morgan fingerprint density at radius 2 is 1.04 bits per heavy atom. The summed E-state index contributed by atoms with van der Waals surface area (Å²) in [5, 5.41) is 0. The summed E-state index contributed by atoms with van der Waals surface area (Å²) in [5.41, 5.74) is 0. The number of phosphoric acid groups is 1. The number of carbonyl (C=O) groups is 2. The van der Waals surface area contributed by atoms with Gasteiger partial charge in [0.15, 0.2) is 6.10 Å². The Morgan fingerprint density at radius 1 is 0.574 bits per heavy atom. The number of quaternary nitrogens is 1. The molecule has 0 aliphatic rings. The van der Waals surface area contributed by atoms with Crippen LogP contribution in [0.25, 0.3) is 0 Å². The Hall–Kier alpha value is -1.77. The van der Waals surface area contributed by atoms with Crippen LogP contribution in [0.5, 0.6) is 0 Å². The molecule has 2 atom stereocenters. The van der Waals surface area contributed by atoms with Crippen LogP contribution >= 0.6 is 7.82 Å². The molecule has 0 aromatic heterocycles. The van der Waals surface area contributed by atoms with Crippen LogP contribution in [0.1, 0.15) is 181 Å². The maximum absolute atomic E-state index is 12.6. The molecule has 0 saturated heterocycles. The molecule has 0 aliphatic heterocycles. The van der Waals surface area contributed by atoms with E-state index in [2.05, 4.69) is 44.2 Å². The van der Waals surface area contributed by atoms with Crippen LogP contribution in [0.3, 0.4) is 0 Å². The fraction of sp³-hybridized carbons (Fsp3) is 0.818. The summed E-state index contributed by atoms with van der Waals surface area (Å²) < 4.78 is 34.2. The lowest BCUT2D eigenvalue weighted by atomic mass is 10.1. The Morgan fingerprint density at radius 3 is 1.59 bits per heavy atom. The van der Waals surface area contributed by atoms with Crippen LogP contribution in [-0.2, 0) is 32.7 Å². The Labute approximate surface area is 331 Å². The van der Waals surface area contributed by atoms with E-state index in [-0.39, 0.29) is 26.1 Å². The molecular formula is C44H83NO8P+. The van der Waals surface area contributed by atoms with Crippen LogP contribution in [0.15, 0.2) is 36.5 Å². The van der Waals surface area contributed by atoms with Crippen LogP contribution in [0.2, 0.25) is 0 Å². The van der Waals surface area contributed by atoms with Crippen LogP contribution in [0, 0.1) is 0 Å². The van der Waals surface area contributed by atoms with Gasteiger partial charge in [-0.2, -0.15) is 0 Å². The molecular weight excluding hydrogens is 701 g/mol. The Kier molecular flexibility index (Phi) is 35.6. The largest absolute Gasteiger partial charge is 0.472 e. The molecule has 54 heavy (non-hydrogen) atoms. The number of nitrogens with zero attached hydrogens (tertiary/aromatic N) is 1. The number of rotatable bonds is 39. The molecule has 1 N–H and O–H groups in total. The van der Waals surface area contributed by atoms with Gasteiger partial charge in [-0.15, -0.1) is 0 Å². The summed E-state index contributed by atoms with van der Waals surface area (Å²) >= 11 is 0. The van der Waals surface area contributed by atoms with Crippen molar-refractivity contribution in [2.45, 2.75) is 187 Å². The lowest BCUT2D eigenvalue weighted by molar-refractivity contribution is -0.870. The summed E-state index contributed by atoms with van der Waals surface area (Å²) in [5.74, 6) is -0.870. The van der Waals surface area contributed by atoms with Crippen molar-refractivity contribution in [2.24, 2.45) is 0 Å². The second-order valence-corrected chi connectivity index (χ2v) is 17.2. The second-order valence-electron chi connectivity index (χ2n) is 15.7. The molecule has 0 saturated carbocycles. The van der Waals surface area contributed by atoms with E-state index in [0.717, 1.165) is 57.8 Å². The highest BCUT2D eigenvalue weighted by Gasteiger charge is 2.27. The van der Waals surface area contributed by atoms with Gasteiger partial charge in [0.25, 0.3) is 0 Å². The predicted molar refractivity (Wildman–Crippen MR) is 224 cm³/mol. The van der Waals surface area contributed by atoms with E-state index in [1.807, 2.05) is 27.2 Å². The lowest BCUT2D eigenvalue weighted by Crippen LogP contribution is -2.37. The highest BCUT2D eigenvalue weighted by atomic mass is 31.2. The number of likely N-dealkylation sites (N-methyl/N-ethyl adjacent to an activating group) is 1. The van der Waals surface area contributed by atoms with Gasteiger partial charge < -0.3 is 18.9 Å². The highest BCUT2D eigenvalue weighted by molar-refractivity contribution is 7.47. The fourth-order valence-corrected chi connectivity index (χ4v) is 6.45. The summed E-state index contributed by atoms with van der Waals surface area (Å²) in [7, 11) is 1.45. The van der Waals surface area contributed by atoms with Gasteiger partial charge in [0.05, 0.1) is 27.7 Å². The molecule has 0 amide bonds. The quantitative estimate of drug-likeness (QED) is 0.0216. The molecule has 0 aromatic carbocycles. The van der Waals surface area contributed by atoms with Gasteiger partial charge in [-0.1, -0.05) is 147 Å². The molecule has 0 radical (unpaired) electrons. The highest BCUT2D eigenvalue weighted by Crippen LogP contribution is 2.43. The molecule has 316 valence electrons. The van der Waals surface area contributed by atoms with Crippen molar-refractivity contribution < 1.29 is 42.1 Å². The van der Waals surface area contributed by atoms with Gasteiger partial charge in [-0.25, -0.2) is 4.57 Å². The van der Waals surface area contributed by atoms with E-state index in [4.69, 9.17) is 18.5 Å². The first-order valence-electron chi connectivity index (χ1n) is 21.7. The molecule has 0 aliphatic carbocycles. The predicted octanol–water partition coefficient (Wildman–Crippen LogP) is 12.1. The van der Waals surface area contributed by atoms with Crippen LogP contribution in [-0.4, -0.2) is 74.9 Å². The van der Waals surface area contributed by atoms with Crippen molar-refractivity contribution in [3.05, 3.63) is 36.5 Å². The average molecular weight is 785 g/mol. The van der Waals surface area contributed by atoms with E-state index >= 15 is 0 Å². The third-order valence-corrected chi connectivity index (χ3v) is 10.1. The van der Waals surface area contributed by atoms with Crippen molar-refractivity contribution in [2.75, 3.05) is 47.5 Å². The number of phosphoric ester groups is 1. The average Bonchev–Trinajstić information content (AvgIpc) is 3.12. The SMILES string of the molecule is CCCCC/C=C/C/C=C/CCCCCCCC(=O)OC[C@H](COP(=O)(O)OCC[N+](C)(C)C)OC(=O)CC/C=C/CCCCCCCCCCCCC. The van der Waals surface area contributed by atoms with Gasteiger partial charge in [0.2, 0.25) is 0 Å². The van der Waals surface area contributed by atoms with Crippen LogP contribution < -0.4 is 0 Å². The summed E-state index contributed by atoms with van der Waals surface area (Å²) in [6, 6.07) is 0. The number of unbranched alkanes of at least 4 members (excludes halogenated alkanes) is 19. The number of hydrogen-bond acceptors (Lipinski definition) is 7. The number of allylic oxidation sites excluding steroid dienone is 6. The first-order chi connectivity index (χ1) is 26.0. The standard InChI is InChI=1S/C44H82NO8P/c1-6-8-10-12-14-16-18-20-22-24-26-28-30-32-34-36-43(46)50-40-42(41-52-54(48,49)51-39-38-45(3,4)5)53-44(47)37-35-33-31-29-27-25-23-21-19-17-15-13-11-9-7-2/h14,16,20,22,31,33,42H,6-13,15,17-19,21,23-30,32,34-41H2,1-5H3/p+1/b16-14+,22-20+,33-31+/t42-/m1/s1. The monoisotopic (exact) mass is 785 g/mol. The van der Waals surface area contributed by atoms with Gasteiger partial charge in [-0.3, -0.25) is 18.6 Å². The zero-order chi connectivity index (χ0) is 40.0. The van der Waals surface area contributed by atoms with Gasteiger partial charge >= 0.3 is 19.8 Å². The maximum Gasteiger partial charge on any atom is 0.472 e. The topological polar surface area (TPSA) is 108 Å². The zero-order valence-electron chi connectivity index (χ0n) is 35.5. The van der Waals surface area contributed by atoms with Crippen molar-refractivity contribution in [3.8, 4) is 0 Å². The lowest BCUT2D eigenvalue weighted by Gasteiger charge is -2.24. The van der Waals surface area contributed by atoms with E-state index in [9.17, 15) is 19.0 Å². The van der Waals surface area contributed by atoms with Gasteiger partial charge in [0, 0.05) is 12.8 Å². The van der Waals surface area contributed by atoms with E-state index < -0.39 is 32.5 Å². The second kappa shape index (κ2) is 36.8. The molecule has 0 fully saturated rings. The van der Waals surface area contributed by atoms with Crippen molar-refractivity contribution in [3.63, 3.8) is 0 Å². The fourth-order valence-electron chi connectivity index (χ4n) is 5.71. The summed E-state index contributed by atoms with van der Waals surface area (Å²) in [4.78, 5) is 35.3. The number of carbonyl (C=O) groups excluding carboxylic acids is 2. The molecule has 10 heteroatoms. The number of hydrogen-bond donors (Lipinski definition) is 1. The zero-order valence-corrected chi connectivity index (χ0v) is 36.3. The molecule has 0 heterocycles. The number of ether oxygens (including phenoxy) is 2. The molecule has 0 aromatic rings. The summed E-state index contributed by atoms with van der Waals surface area (Å²) in [6.07, 6.45) is 40.6.